The number of carbonyl (C=O) groups excluding carboxylic acids is 2. The van der Waals surface area contributed by atoms with Gasteiger partial charge in [0.15, 0.2) is 0 Å². The molecule has 1 aromatic heterocycles. The van der Waals surface area contributed by atoms with Crippen LogP contribution in [0.1, 0.15) is 36.2 Å². The Kier molecular flexibility index (Phi) is 5.81. The number of rotatable bonds is 7. The predicted octanol–water partition coefficient (Wildman–Crippen LogP) is 3.29. The van der Waals surface area contributed by atoms with Crippen molar-refractivity contribution in [2.75, 3.05) is 33.4 Å². The number of hydrogen-bond acceptors (Lipinski definition) is 4. The predicted molar refractivity (Wildman–Crippen MR) is 125 cm³/mol. The van der Waals surface area contributed by atoms with E-state index in [9.17, 15) is 9.59 Å². The van der Waals surface area contributed by atoms with Crippen LogP contribution in [0.3, 0.4) is 0 Å². The highest BCUT2D eigenvalue weighted by Crippen LogP contribution is 2.44. The van der Waals surface area contributed by atoms with Crippen LogP contribution >= 0.6 is 0 Å². The fraction of sp³-hybridized carbons (Fsp3) is 0.385. The molecule has 7 nitrogen and oxygen atoms in total. The molecule has 2 aliphatic rings. The quantitative estimate of drug-likeness (QED) is 0.564. The van der Waals surface area contributed by atoms with Crippen LogP contribution in [0.4, 0.5) is 0 Å². The summed E-state index contributed by atoms with van der Waals surface area (Å²) in [6, 6.07) is 14.9. The second-order valence-corrected chi connectivity index (χ2v) is 8.54. The zero-order chi connectivity index (χ0) is 22.9. The molecule has 1 N–H and O–H groups in total. The number of nitrogens with zero attached hydrogens (tertiary/aromatic N) is 2. The van der Waals surface area contributed by atoms with Crippen LogP contribution in [0.25, 0.3) is 10.9 Å². The summed E-state index contributed by atoms with van der Waals surface area (Å²) in [5.74, 6) is 0.658. The average Bonchev–Trinajstić information content (AvgIpc) is 3.22. The third-order valence-corrected chi connectivity index (χ3v) is 6.70. The number of carbonyl (C=O) groups is 2. The zero-order valence-electron chi connectivity index (χ0n) is 19.0. The molecule has 5 rings (SSSR count). The molecule has 0 unspecified atom stereocenters. The zero-order valence-corrected chi connectivity index (χ0v) is 19.0. The van der Waals surface area contributed by atoms with Crippen molar-refractivity contribution < 1.29 is 19.1 Å². The Morgan fingerprint density at radius 1 is 1.09 bits per heavy atom. The number of H-pyrrole nitrogens is 1. The maximum Gasteiger partial charge on any atom is 0.246 e. The molecule has 0 saturated carbocycles. The molecule has 0 bridgehead atoms. The topological polar surface area (TPSA) is 74.9 Å². The lowest BCUT2D eigenvalue weighted by atomic mass is 9.86. The second kappa shape index (κ2) is 8.90. The van der Waals surface area contributed by atoms with Crippen LogP contribution < -0.4 is 4.74 Å². The van der Waals surface area contributed by atoms with Crippen LogP contribution in [0.2, 0.25) is 0 Å². The van der Waals surface area contributed by atoms with Crippen molar-refractivity contribution in [1.82, 2.24) is 14.8 Å². The first-order chi connectivity index (χ1) is 16.1. The maximum absolute atomic E-state index is 13.6. The Morgan fingerprint density at radius 3 is 2.70 bits per heavy atom. The fourth-order valence-corrected chi connectivity index (χ4v) is 5.23. The van der Waals surface area contributed by atoms with Crippen molar-refractivity contribution >= 4 is 22.7 Å². The molecule has 33 heavy (non-hydrogen) atoms. The Bertz CT molecular complexity index is 1190. The minimum absolute atomic E-state index is 0.00178. The van der Waals surface area contributed by atoms with Gasteiger partial charge in [-0.05, 0) is 31.0 Å². The number of piperazine rings is 1. The molecule has 3 heterocycles. The van der Waals surface area contributed by atoms with Gasteiger partial charge in [0.2, 0.25) is 11.8 Å². The number of amides is 2. The molecular formula is C26H29N3O4. The second-order valence-electron chi connectivity index (χ2n) is 8.54. The highest BCUT2D eigenvalue weighted by Gasteiger charge is 2.48. The fourth-order valence-electron chi connectivity index (χ4n) is 5.23. The third-order valence-electron chi connectivity index (χ3n) is 6.70. The summed E-state index contributed by atoms with van der Waals surface area (Å²) in [5.41, 5.74) is 3.95. The van der Waals surface area contributed by atoms with Crippen molar-refractivity contribution in [3.8, 4) is 5.75 Å². The maximum atomic E-state index is 13.6. The van der Waals surface area contributed by atoms with Crippen LogP contribution in [-0.2, 0) is 20.7 Å². The molecule has 2 atom stereocenters. The van der Waals surface area contributed by atoms with Crippen molar-refractivity contribution in [1.29, 1.82) is 0 Å². The van der Waals surface area contributed by atoms with Crippen LogP contribution in [-0.4, -0.2) is 66.1 Å². The smallest absolute Gasteiger partial charge is 0.246 e. The lowest BCUT2D eigenvalue weighted by Crippen LogP contribution is -2.63. The molecule has 172 valence electrons. The molecule has 0 spiro atoms. The lowest BCUT2D eigenvalue weighted by molar-refractivity contribution is -0.158. The minimum atomic E-state index is -0.542. The standard InChI is InChI=1S/C26H29N3O4/c1-3-33-14-8-13-28-16-23(30)29-21(26(28)31)15-19-17-9-4-6-11-20(17)27-24(19)25(29)18-10-5-7-12-22(18)32-2/h4-7,9-12,21,25,27H,3,8,13-16H2,1-2H3/t21-,25-/m0/s1. The molecule has 3 aromatic rings. The highest BCUT2D eigenvalue weighted by molar-refractivity contribution is 5.97. The SMILES string of the molecule is CCOCCCN1CC(=O)N2[C@@H](c3ccccc3OC)c3[nH]c4ccccc4c3C[C@H]2C1=O. The largest absolute Gasteiger partial charge is 0.496 e. The first kappa shape index (κ1) is 21.5. The summed E-state index contributed by atoms with van der Waals surface area (Å²) < 4.78 is 11.1. The van der Waals surface area contributed by atoms with Gasteiger partial charge in [-0.1, -0.05) is 36.4 Å². The Labute approximate surface area is 193 Å². The summed E-state index contributed by atoms with van der Waals surface area (Å²) in [6.45, 7) is 3.79. The number of aromatic amines is 1. The Hall–Kier alpha value is -3.32. The molecule has 2 aliphatic heterocycles. The molecular weight excluding hydrogens is 418 g/mol. The van der Waals surface area contributed by atoms with E-state index in [4.69, 9.17) is 9.47 Å². The van der Waals surface area contributed by atoms with Gasteiger partial charge >= 0.3 is 0 Å². The van der Waals surface area contributed by atoms with Crippen LogP contribution in [0.5, 0.6) is 5.75 Å². The van der Waals surface area contributed by atoms with Gasteiger partial charge in [-0.15, -0.1) is 0 Å². The van der Waals surface area contributed by atoms with E-state index >= 15 is 0 Å². The van der Waals surface area contributed by atoms with Gasteiger partial charge in [0.05, 0.1) is 13.7 Å². The monoisotopic (exact) mass is 447 g/mol. The van der Waals surface area contributed by atoms with Crippen molar-refractivity contribution in [2.24, 2.45) is 0 Å². The van der Waals surface area contributed by atoms with Crippen LogP contribution in [0.15, 0.2) is 48.5 Å². The van der Waals surface area contributed by atoms with E-state index in [0.29, 0.717) is 38.3 Å². The number of fused-ring (bicyclic) bond motifs is 4. The molecule has 0 aliphatic carbocycles. The third kappa shape index (κ3) is 3.66. The minimum Gasteiger partial charge on any atom is -0.496 e. The summed E-state index contributed by atoms with van der Waals surface area (Å²) in [5, 5.41) is 1.10. The van der Waals surface area contributed by atoms with Crippen molar-refractivity contribution in [2.45, 2.75) is 31.8 Å². The van der Waals surface area contributed by atoms with E-state index in [1.54, 1.807) is 16.9 Å². The average molecular weight is 448 g/mol. The van der Waals surface area contributed by atoms with E-state index in [-0.39, 0.29) is 18.4 Å². The first-order valence-electron chi connectivity index (χ1n) is 11.5. The number of hydrogen-bond donors (Lipinski definition) is 1. The summed E-state index contributed by atoms with van der Waals surface area (Å²) in [4.78, 5) is 34.2. The number of ether oxygens (including phenoxy) is 2. The van der Waals surface area contributed by atoms with Gasteiger partial charge in [-0.25, -0.2) is 0 Å². The van der Waals surface area contributed by atoms with E-state index < -0.39 is 12.1 Å². The molecule has 1 fully saturated rings. The van der Waals surface area contributed by atoms with Gasteiger partial charge in [-0.3, -0.25) is 9.59 Å². The van der Waals surface area contributed by atoms with E-state index in [0.717, 1.165) is 27.7 Å². The van der Waals surface area contributed by atoms with Crippen molar-refractivity contribution in [3.05, 3.63) is 65.4 Å². The summed E-state index contributed by atoms with van der Waals surface area (Å²) in [7, 11) is 1.63. The highest BCUT2D eigenvalue weighted by atomic mass is 16.5. The van der Waals surface area contributed by atoms with Gasteiger partial charge < -0.3 is 24.3 Å². The lowest BCUT2D eigenvalue weighted by Gasteiger charge is -2.47. The molecule has 1 saturated heterocycles. The first-order valence-corrected chi connectivity index (χ1v) is 11.5. The van der Waals surface area contributed by atoms with Gasteiger partial charge in [0, 0.05) is 48.3 Å². The number of nitrogens with one attached hydrogen (secondary N) is 1. The van der Waals surface area contributed by atoms with Crippen LogP contribution in [0, 0.1) is 0 Å². The van der Waals surface area contributed by atoms with Gasteiger partial charge in [0.25, 0.3) is 0 Å². The van der Waals surface area contributed by atoms with E-state index in [2.05, 4.69) is 11.1 Å². The molecule has 7 heteroatoms. The summed E-state index contributed by atoms with van der Waals surface area (Å²) >= 11 is 0. The number of aromatic nitrogens is 1. The molecule has 2 aromatic carbocycles. The summed E-state index contributed by atoms with van der Waals surface area (Å²) in [6.07, 6.45) is 1.21. The molecule has 2 amide bonds. The van der Waals surface area contributed by atoms with E-state index in [1.165, 1.54) is 0 Å². The number of para-hydroxylation sites is 2. The normalized spacial score (nSPS) is 20.2. The van der Waals surface area contributed by atoms with E-state index in [1.807, 2.05) is 49.4 Å². The van der Waals surface area contributed by atoms with Gasteiger partial charge in [-0.2, -0.15) is 0 Å². The Morgan fingerprint density at radius 2 is 1.88 bits per heavy atom. The number of methoxy groups -OCH3 is 1. The van der Waals surface area contributed by atoms with Gasteiger partial charge in [0.1, 0.15) is 17.8 Å². The molecule has 0 radical (unpaired) electrons. The Balaban J connectivity index is 1.59. The number of benzene rings is 2. The van der Waals surface area contributed by atoms with Crippen molar-refractivity contribution in [3.63, 3.8) is 0 Å².